The van der Waals surface area contributed by atoms with Crippen LogP contribution < -0.4 is 0 Å². The Kier molecular flexibility index (Phi) is 4.71. The lowest BCUT2D eigenvalue weighted by Gasteiger charge is -2.25. The summed E-state index contributed by atoms with van der Waals surface area (Å²) in [5, 5.41) is 4.25. The maximum Gasteiger partial charge on any atom is 0.184 e. The SMILES string of the molecule is CCCn1cc(C(=O)C2CN(C)CCCN2C)cn1. The number of aryl methyl sites for hydroxylation is 1. The highest BCUT2D eigenvalue weighted by molar-refractivity contribution is 5.99. The summed E-state index contributed by atoms with van der Waals surface area (Å²) in [6.07, 6.45) is 5.73. The third kappa shape index (κ3) is 3.42. The summed E-state index contributed by atoms with van der Waals surface area (Å²) in [6, 6.07) is -0.0493. The molecular formula is C14H24N4O. The van der Waals surface area contributed by atoms with Gasteiger partial charge in [-0.15, -0.1) is 0 Å². The number of hydrogen-bond donors (Lipinski definition) is 0. The number of carbonyl (C=O) groups is 1. The van der Waals surface area contributed by atoms with Crippen LogP contribution in [0, 0.1) is 0 Å². The molecule has 1 saturated heterocycles. The first-order valence-corrected chi connectivity index (χ1v) is 7.07. The zero-order chi connectivity index (χ0) is 13.8. The number of carbonyl (C=O) groups excluding carboxylic acids is 1. The van der Waals surface area contributed by atoms with Crippen molar-refractivity contribution in [3.63, 3.8) is 0 Å². The van der Waals surface area contributed by atoms with Crippen molar-refractivity contribution in [1.29, 1.82) is 0 Å². The molecule has 106 valence electrons. The number of ketones is 1. The van der Waals surface area contributed by atoms with Crippen molar-refractivity contribution < 1.29 is 4.79 Å². The van der Waals surface area contributed by atoms with Crippen LogP contribution in [0.5, 0.6) is 0 Å². The van der Waals surface area contributed by atoms with Crippen LogP contribution in [0.2, 0.25) is 0 Å². The Morgan fingerprint density at radius 1 is 1.42 bits per heavy atom. The van der Waals surface area contributed by atoms with Crippen molar-refractivity contribution in [1.82, 2.24) is 19.6 Å². The number of aromatic nitrogens is 2. The molecule has 0 amide bonds. The third-order valence-corrected chi connectivity index (χ3v) is 3.74. The van der Waals surface area contributed by atoms with Gasteiger partial charge >= 0.3 is 0 Å². The standard InChI is InChI=1S/C14H24N4O/c1-4-6-18-10-12(9-15-18)14(19)13-11-16(2)7-5-8-17(13)3/h9-10,13H,4-8,11H2,1-3H3. The van der Waals surface area contributed by atoms with Gasteiger partial charge in [0.2, 0.25) is 0 Å². The second-order valence-corrected chi connectivity index (χ2v) is 5.47. The number of rotatable bonds is 4. The van der Waals surface area contributed by atoms with E-state index < -0.39 is 0 Å². The fourth-order valence-electron chi connectivity index (χ4n) is 2.59. The summed E-state index contributed by atoms with van der Waals surface area (Å²) in [4.78, 5) is 17.0. The molecule has 1 unspecified atom stereocenters. The molecule has 0 radical (unpaired) electrons. The molecular weight excluding hydrogens is 240 g/mol. The van der Waals surface area contributed by atoms with Gasteiger partial charge in [0.1, 0.15) is 0 Å². The Morgan fingerprint density at radius 3 is 2.95 bits per heavy atom. The van der Waals surface area contributed by atoms with Crippen LogP contribution in [0.1, 0.15) is 30.1 Å². The topological polar surface area (TPSA) is 41.4 Å². The zero-order valence-electron chi connectivity index (χ0n) is 12.2. The monoisotopic (exact) mass is 264 g/mol. The Balaban J connectivity index is 2.11. The van der Waals surface area contributed by atoms with Gasteiger partial charge in [0.25, 0.3) is 0 Å². The molecule has 1 aromatic heterocycles. The fraction of sp³-hybridized carbons (Fsp3) is 0.714. The van der Waals surface area contributed by atoms with E-state index in [1.807, 2.05) is 17.9 Å². The van der Waals surface area contributed by atoms with E-state index in [2.05, 4.69) is 28.9 Å². The molecule has 1 atom stereocenters. The normalized spacial score (nSPS) is 22.4. The van der Waals surface area contributed by atoms with E-state index in [4.69, 9.17) is 0 Å². The lowest BCUT2D eigenvalue weighted by Crippen LogP contribution is -2.43. The first-order chi connectivity index (χ1) is 9.11. The molecule has 1 aliphatic rings. The van der Waals surface area contributed by atoms with Gasteiger partial charge < -0.3 is 4.90 Å². The van der Waals surface area contributed by atoms with Crippen LogP contribution in [0.15, 0.2) is 12.4 Å². The first kappa shape index (κ1) is 14.2. The summed E-state index contributed by atoms with van der Waals surface area (Å²) in [7, 11) is 4.12. The molecule has 19 heavy (non-hydrogen) atoms. The van der Waals surface area contributed by atoms with Gasteiger partial charge in [0.05, 0.1) is 17.8 Å². The summed E-state index contributed by atoms with van der Waals surface area (Å²) < 4.78 is 1.85. The van der Waals surface area contributed by atoms with Gasteiger partial charge in [-0.05, 0) is 40.0 Å². The van der Waals surface area contributed by atoms with Crippen molar-refractivity contribution in [2.24, 2.45) is 0 Å². The van der Waals surface area contributed by atoms with Crippen LogP contribution >= 0.6 is 0 Å². The quantitative estimate of drug-likeness (QED) is 0.764. The average molecular weight is 264 g/mol. The van der Waals surface area contributed by atoms with Crippen molar-refractivity contribution >= 4 is 5.78 Å². The number of nitrogens with zero attached hydrogens (tertiary/aromatic N) is 4. The fourth-order valence-corrected chi connectivity index (χ4v) is 2.59. The summed E-state index contributed by atoms with van der Waals surface area (Å²) in [5.74, 6) is 0.193. The molecule has 0 spiro atoms. The van der Waals surface area contributed by atoms with Gasteiger partial charge in [-0.1, -0.05) is 6.92 Å². The highest BCUT2D eigenvalue weighted by Crippen LogP contribution is 2.12. The molecule has 2 rings (SSSR count). The van der Waals surface area contributed by atoms with E-state index in [0.717, 1.165) is 44.6 Å². The lowest BCUT2D eigenvalue weighted by atomic mass is 10.1. The average Bonchev–Trinajstić information content (AvgIpc) is 2.77. The Bertz CT molecular complexity index is 429. The first-order valence-electron chi connectivity index (χ1n) is 7.07. The van der Waals surface area contributed by atoms with E-state index in [1.54, 1.807) is 6.20 Å². The lowest BCUT2D eigenvalue weighted by molar-refractivity contribution is 0.0839. The van der Waals surface area contributed by atoms with Gasteiger partial charge in [-0.2, -0.15) is 5.10 Å². The Labute approximate surface area is 115 Å². The van der Waals surface area contributed by atoms with Crippen LogP contribution in [-0.4, -0.2) is 65.1 Å². The van der Waals surface area contributed by atoms with E-state index in [9.17, 15) is 4.79 Å². The molecule has 0 aliphatic carbocycles. The van der Waals surface area contributed by atoms with E-state index in [0.29, 0.717) is 0 Å². The minimum Gasteiger partial charge on any atom is -0.304 e. The zero-order valence-corrected chi connectivity index (χ0v) is 12.2. The Hall–Kier alpha value is -1.20. The van der Waals surface area contributed by atoms with Crippen molar-refractivity contribution in [3.05, 3.63) is 18.0 Å². The summed E-state index contributed by atoms with van der Waals surface area (Å²) in [5.41, 5.74) is 0.737. The summed E-state index contributed by atoms with van der Waals surface area (Å²) in [6.45, 7) is 5.81. The van der Waals surface area contributed by atoms with Crippen LogP contribution in [0.4, 0.5) is 0 Å². The molecule has 1 aliphatic heterocycles. The highest BCUT2D eigenvalue weighted by Gasteiger charge is 2.28. The number of Topliss-reactive ketones (excluding diaryl/α,β-unsaturated/α-hetero) is 1. The van der Waals surface area contributed by atoms with Gasteiger partial charge in [0, 0.05) is 19.3 Å². The molecule has 2 heterocycles. The van der Waals surface area contributed by atoms with Crippen molar-refractivity contribution in [3.8, 4) is 0 Å². The second-order valence-electron chi connectivity index (χ2n) is 5.47. The molecule has 5 nitrogen and oxygen atoms in total. The summed E-state index contributed by atoms with van der Waals surface area (Å²) >= 11 is 0. The molecule has 0 saturated carbocycles. The largest absolute Gasteiger partial charge is 0.304 e. The minimum atomic E-state index is -0.0493. The highest BCUT2D eigenvalue weighted by atomic mass is 16.1. The molecule has 0 N–H and O–H groups in total. The number of likely N-dealkylation sites (N-methyl/N-ethyl adjacent to an activating group) is 2. The molecule has 1 fully saturated rings. The van der Waals surface area contributed by atoms with E-state index >= 15 is 0 Å². The maximum atomic E-state index is 12.6. The van der Waals surface area contributed by atoms with E-state index in [1.165, 1.54) is 0 Å². The van der Waals surface area contributed by atoms with Gasteiger partial charge in [-0.3, -0.25) is 14.4 Å². The van der Waals surface area contributed by atoms with Gasteiger partial charge in [-0.25, -0.2) is 0 Å². The van der Waals surface area contributed by atoms with Crippen LogP contribution in [0.3, 0.4) is 0 Å². The van der Waals surface area contributed by atoms with Crippen molar-refractivity contribution in [2.75, 3.05) is 33.7 Å². The van der Waals surface area contributed by atoms with E-state index in [-0.39, 0.29) is 11.8 Å². The van der Waals surface area contributed by atoms with Crippen molar-refractivity contribution in [2.45, 2.75) is 32.4 Å². The predicted octanol–water partition coefficient (Wildman–Crippen LogP) is 1.11. The molecule has 5 heteroatoms. The number of hydrogen-bond acceptors (Lipinski definition) is 4. The van der Waals surface area contributed by atoms with Crippen LogP contribution in [0.25, 0.3) is 0 Å². The molecule has 1 aromatic rings. The molecule has 0 aromatic carbocycles. The predicted molar refractivity (Wildman–Crippen MR) is 75.4 cm³/mol. The van der Waals surface area contributed by atoms with Crippen LogP contribution in [-0.2, 0) is 6.54 Å². The minimum absolute atomic E-state index is 0.0493. The second kappa shape index (κ2) is 6.30. The van der Waals surface area contributed by atoms with Gasteiger partial charge in [0.15, 0.2) is 5.78 Å². The smallest absolute Gasteiger partial charge is 0.184 e. The third-order valence-electron chi connectivity index (χ3n) is 3.74. The molecule has 0 bridgehead atoms. The Morgan fingerprint density at radius 2 is 2.21 bits per heavy atom. The maximum absolute atomic E-state index is 12.6.